The lowest BCUT2D eigenvalue weighted by atomic mass is 10.2. The maximum atomic E-state index is 13.6. The van der Waals surface area contributed by atoms with Crippen LogP contribution in [0.15, 0.2) is 24.3 Å². The van der Waals surface area contributed by atoms with Gasteiger partial charge in [-0.15, -0.1) is 5.10 Å². The molecule has 0 atom stereocenters. The molecule has 5 nitrogen and oxygen atoms in total. The molecule has 1 aromatic carbocycles. The van der Waals surface area contributed by atoms with Gasteiger partial charge < -0.3 is 0 Å². The van der Waals surface area contributed by atoms with Crippen LogP contribution in [0.3, 0.4) is 0 Å². The van der Waals surface area contributed by atoms with Gasteiger partial charge in [0.25, 0.3) is 0 Å². The number of tetrazole rings is 1. The SMILES string of the molecule is CN(Cc1ccccc1F)Cc1nnnn1C1CC1. The molecular weight excluding hydrogens is 245 g/mol. The average Bonchev–Trinajstić information content (AvgIpc) is 3.13. The Morgan fingerprint density at radius 1 is 1.32 bits per heavy atom. The van der Waals surface area contributed by atoms with Crippen LogP contribution >= 0.6 is 0 Å². The van der Waals surface area contributed by atoms with Gasteiger partial charge in [0.1, 0.15) is 5.82 Å². The van der Waals surface area contributed by atoms with Gasteiger partial charge in [0, 0.05) is 12.1 Å². The fraction of sp³-hybridized carbons (Fsp3) is 0.462. The monoisotopic (exact) mass is 261 g/mol. The number of nitrogens with zero attached hydrogens (tertiary/aromatic N) is 5. The van der Waals surface area contributed by atoms with E-state index in [0.29, 0.717) is 24.7 Å². The Morgan fingerprint density at radius 3 is 2.84 bits per heavy atom. The van der Waals surface area contributed by atoms with Gasteiger partial charge in [-0.25, -0.2) is 9.07 Å². The van der Waals surface area contributed by atoms with E-state index in [1.54, 1.807) is 12.1 Å². The highest BCUT2D eigenvalue weighted by molar-refractivity contribution is 5.17. The van der Waals surface area contributed by atoms with Crippen molar-refractivity contribution in [2.45, 2.75) is 32.0 Å². The number of rotatable bonds is 5. The van der Waals surface area contributed by atoms with Crippen molar-refractivity contribution >= 4 is 0 Å². The summed E-state index contributed by atoms with van der Waals surface area (Å²) in [6.45, 7) is 1.17. The molecule has 0 N–H and O–H groups in total. The van der Waals surface area contributed by atoms with Gasteiger partial charge in [-0.2, -0.15) is 0 Å². The standard InChI is InChI=1S/C13H16FN5/c1-18(8-10-4-2-3-5-12(10)14)9-13-15-16-17-19(13)11-6-7-11/h2-5,11H,6-9H2,1H3. The molecule has 2 aromatic rings. The highest BCUT2D eigenvalue weighted by Crippen LogP contribution is 2.34. The van der Waals surface area contributed by atoms with E-state index in [-0.39, 0.29) is 5.82 Å². The van der Waals surface area contributed by atoms with Crippen LogP contribution in [0.1, 0.15) is 30.3 Å². The Balaban J connectivity index is 1.66. The van der Waals surface area contributed by atoms with Crippen LogP contribution in [-0.2, 0) is 13.1 Å². The first-order valence-electron chi connectivity index (χ1n) is 6.43. The minimum absolute atomic E-state index is 0.170. The quantitative estimate of drug-likeness (QED) is 0.823. The molecule has 1 aliphatic rings. The summed E-state index contributed by atoms with van der Waals surface area (Å²) in [4.78, 5) is 2.02. The van der Waals surface area contributed by atoms with Crippen molar-refractivity contribution in [1.82, 2.24) is 25.1 Å². The Kier molecular flexibility index (Phi) is 3.25. The second-order valence-corrected chi connectivity index (χ2v) is 5.03. The molecule has 0 radical (unpaired) electrons. The number of hydrogen-bond acceptors (Lipinski definition) is 4. The molecule has 1 saturated carbocycles. The average molecular weight is 261 g/mol. The van der Waals surface area contributed by atoms with Crippen LogP contribution in [0, 0.1) is 5.82 Å². The second kappa shape index (κ2) is 5.05. The molecule has 1 aromatic heterocycles. The summed E-state index contributed by atoms with van der Waals surface area (Å²) in [7, 11) is 1.94. The van der Waals surface area contributed by atoms with E-state index in [4.69, 9.17) is 0 Å². The highest BCUT2D eigenvalue weighted by Gasteiger charge is 2.27. The van der Waals surface area contributed by atoms with Crippen molar-refractivity contribution in [3.63, 3.8) is 0 Å². The van der Waals surface area contributed by atoms with Crippen LogP contribution in [-0.4, -0.2) is 32.2 Å². The molecule has 1 fully saturated rings. The van der Waals surface area contributed by atoms with Crippen LogP contribution in [0.2, 0.25) is 0 Å². The summed E-state index contributed by atoms with van der Waals surface area (Å²) >= 11 is 0. The summed E-state index contributed by atoms with van der Waals surface area (Å²) < 4.78 is 15.5. The van der Waals surface area contributed by atoms with Gasteiger partial charge in [-0.1, -0.05) is 18.2 Å². The van der Waals surface area contributed by atoms with Crippen molar-refractivity contribution < 1.29 is 4.39 Å². The minimum atomic E-state index is -0.170. The number of hydrogen-bond donors (Lipinski definition) is 0. The first-order chi connectivity index (χ1) is 9.24. The first-order valence-corrected chi connectivity index (χ1v) is 6.43. The van der Waals surface area contributed by atoms with E-state index in [0.717, 1.165) is 18.7 Å². The van der Waals surface area contributed by atoms with Crippen molar-refractivity contribution in [3.8, 4) is 0 Å². The Bertz CT molecular complexity index is 564. The highest BCUT2D eigenvalue weighted by atomic mass is 19.1. The third kappa shape index (κ3) is 2.78. The Hall–Kier alpha value is -1.82. The van der Waals surface area contributed by atoms with E-state index >= 15 is 0 Å². The molecular formula is C13H16FN5. The summed E-state index contributed by atoms with van der Waals surface area (Å²) in [5.74, 6) is 0.678. The Labute approximate surface area is 111 Å². The molecule has 0 unspecified atom stereocenters. The number of aromatic nitrogens is 4. The predicted molar refractivity (Wildman–Crippen MR) is 67.7 cm³/mol. The summed E-state index contributed by atoms with van der Waals surface area (Å²) in [5, 5.41) is 11.8. The molecule has 0 amide bonds. The fourth-order valence-corrected chi connectivity index (χ4v) is 2.13. The predicted octanol–water partition coefficient (Wildman–Crippen LogP) is 1.78. The summed E-state index contributed by atoms with van der Waals surface area (Å²) in [6, 6.07) is 7.30. The maximum Gasteiger partial charge on any atom is 0.165 e. The second-order valence-electron chi connectivity index (χ2n) is 5.03. The number of halogens is 1. The third-order valence-electron chi connectivity index (χ3n) is 3.26. The van der Waals surface area contributed by atoms with Crippen molar-refractivity contribution in [2.24, 2.45) is 0 Å². The lowest BCUT2D eigenvalue weighted by molar-refractivity contribution is 0.297. The van der Waals surface area contributed by atoms with Gasteiger partial charge >= 0.3 is 0 Å². The lowest BCUT2D eigenvalue weighted by Gasteiger charge is -2.16. The van der Waals surface area contributed by atoms with Crippen molar-refractivity contribution in [2.75, 3.05) is 7.05 Å². The van der Waals surface area contributed by atoms with Crippen LogP contribution < -0.4 is 0 Å². The normalized spacial score (nSPS) is 15.1. The molecule has 3 rings (SSSR count). The minimum Gasteiger partial charge on any atom is -0.295 e. The smallest absolute Gasteiger partial charge is 0.165 e. The zero-order chi connectivity index (χ0) is 13.2. The maximum absolute atomic E-state index is 13.6. The molecule has 1 heterocycles. The van der Waals surface area contributed by atoms with E-state index in [2.05, 4.69) is 15.5 Å². The Morgan fingerprint density at radius 2 is 2.11 bits per heavy atom. The molecule has 100 valence electrons. The lowest BCUT2D eigenvalue weighted by Crippen LogP contribution is -2.21. The molecule has 19 heavy (non-hydrogen) atoms. The van der Waals surface area contributed by atoms with Crippen molar-refractivity contribution in [3.05, 3.63) is 41.5 Å². The fourth-order valence-electron chi connectivity index (χ4n) is 2.13. The summed E-state index contributed by atoms with van der Waals surface area (Å²) in [6.07, 6.45) is 2.30. The van der Waals surface area contributed by atoms with Gasteiger partial charge in [0.05, 0.1) is 12.6 Å². The molecule has 0 saturated heterocycles. The topological polar surface area (TPSA) is 46.8 Å². The van der Waals surface area contributed by atoms with Gasteiger partial charge in [0.2, 0.25) is 0 Å². The van der Waals surface area contributed by atoms with E-state index in [1.807, 2.05) is 22.7 Å². The molecule has 1 aliphatic carbocycles. The number of benzene rings is 1. The first kappa shape index (κ1) is 12.2. The summed E-state index contributed by atoms with van der Waals surface area (Å²) in [5.41, 5.74) is 0.690. The zero-order valence-electron chi connectivity index (χ0n) is 10.8. The van der Waals surface area contributed by atoms with Gasteiger partial charge in [-0.05, 0) is 36.4 Å². The zero-order valence-corrected chi connectivity index (χ0v) is 10.8. The van der Waals surface area contributed by atoms with Crippen LogP contribution in [0.4, 0.5) is 4.39 Å². The van der Waals surface area contributed by atoms with Crippen molar-refractivity contribution in [1.29, 1.82) is 0 Å². The molecule has 6 heteroatoms. The van der Waals surface area contributed by atoms with Gasteiger partial charge in [0.15, 0.2) is 5.82 Å². The molecule has 0 aliphatic heterocycles. The van der Waals surface area contributed by atoms with E-state index in [1.165, 1.54) is 6.07 Å². The van der Waals surface area contributed by atoms with E-state index in [9.17, 15) is 4.39 Å². The third-order valence-corrected chi connectivity index (χ3v) is 3.26. The van der Waals surface area contributed by atoms with E-state index < -0.39 is 0 Å². The van der Waals surface area contributed by atoms with Crippen LogP contribution in [0.5, 0.6) is 0 Å². The molecule has 0 spiro atoms. The largest absolute Gasteiger partial charge is 0.295 e. The van der Waals surface area contributed by atoms with Gasteiger partial charge in [-0.3, -0.25) is 4.90 Å². The molecule has 0 bridgehead atoms. The van der Waals surface area contributed by atoms with Crippen LogP contribution in [0.25, 0.3) is 0 Å².